The monoisotopic (exact) mass is 418 g/mol. The molecule has 2 rings (SSSR count). The Morgan fingerprint density at radius 2 is 2.29 bits per heavy atom. The van der Waals surface area contributed by atoms with E-state index < -0.39 is 0 Å². The predicted molar refractivity (Wildman–Crippen MR) is 92.1 cm³/mol. The molecule has 1 aliphatic heterocycles. The van der Waals surface area contributed by atoms with Gasteiger partial charge >= 0.3 is 5.97 Å². The molecule has 0 amide bonds. The van der Waals surface area contributed by atoms with Gasteiger partial charge in [0.15, 0.2) is 0 Å². The number of rotatable bonds is 7. The van der Waals surface area contributed by atoms with Crippen molar-refractivity contribution in [3.63, 3.8) is 0 Å². The van der Waals surface area contributed by atoms with Crippen molar-refractivity contribution in [3.8, 4) is 5.75 Å². The summed E-state index contributed by atoms with van der Waals surface area (Å²) in [5.74, 6) is 0.890. The van der Waals surface area contributed by atoms with Crippen LogP contribution in [0.5, 0.6) is 5.75 Å². The fraction of sp³-hybridized carbons (Fsp3) is 0.333. The molecule has 0 saturated heterocycles. The average molecular weight is 418 g/mol. The van der Waals surface area contributed by atoms with Crippen LogP contribution < -0.4 is 4.74 Å². The molecule has 0 bridgehead atoms. The molecule has 21 heavy (non-hydrogen) atoms. The Morgan fingerprint density at radius 3 is 2.90 bits per heavy atom. The molecule has 6 heteroatoms. The number of fused-ring (bicyclic) bond motifs is 1. The molecule has 1 aromatic carbocycles. The zero-order chi connectivity index (χ0) is 15.4. The van der Waals surface area contributed by atoms with Crippen molar-refractivity contribution in [2.45, 2.75) is 20.0 Å². The molecule has 4 nitrogen and oxygen atoms in total. The van der Waals surface area contributed by atoms with Crippen LogP contribution in [-0.2, 0) is 22.6 Å². The lowest BCUT2D eigenvalue weighted by Crippen LogP contribution is -2.10. The number of ether oxygens (including phenoxy) is 2. The Bertz CT molecular complexity index is 598. The van der Waals surface area contributed by atoms with Crippen LogP contribution in [0.25, 0.3) is 6.08 Å². The van der Waals surface area contributed by atoms with Crippen LogP contribution in [0.4, 0.5) is 0 Å². The van der Waals surface area contributed by atoms with Gasteiger partial charge in [-0.25, -0.2) is 4.79 Å². The third-order valence-electron chi connectivity index (χ3n) is 3.43. The van der Waals surface area contributed by atoms with Gasteiger partial charge in [-0.05, 0) is 39.3 Å². The quantitative estimate of drug-likeness (QED) is 0.294. The van der Waals surface area contributed by atoms with Crippen molar-refractivity contribution in [3.05, 3.63) is 34.4 Å². The number of carbonyl (C=O) groups excluding carboxylic acids is 2. The maximum atomic E-state index is 12.0. The standard InChI is InChI=1S/C15H15IO4S/c1-3-10-9(2)12-8-20-15(18)13(12)14(11(10)4-5-17)19-6-7-21-16/h3,5H,1,4,6-8H2,2H3. The number of carbonyl (C=O) groups is 2. The topological polar surface area (TPSA) is 52.6 Å². The van der Waals surface area contributed by atoms with E-state index in [1.54, 1.807) is 15.0 Å². The first-order valence-corrected chi connectivity index (χ1v) is 9.96. The first-order chi connectivity index (χ1) is 10.2. The van der Waals surface area contributed by atoms with Crippen LogP contribution in [0.3, 0.4) is 0 Å². The van der Waals surface area contributed by atoms with Crippen LogP contribution in [-0.4, -0.2) is 24.6 Å². The van der Waals surface area contributed by atoms with E-state index in [1.807, 2.05) is 6.92 Å². The molecule has 1 heterocycles. The van der Waals surface area contributed by atoms with Gasteiger partial charge in [0.25, 0.3) is 0 Å². The smallest absolute Gasteiger partial charge is 0.342 e. The maximum Gasteiger partial charge on any atom is 0.342 e. The number of benzene rings is 1. The second-order valence-corrected chi connectivity index (χ2v) is 7.01. The highest BCUT2D eigenvalue weighted by Gasteiger charge is 2.31. The zero-order valence-electron chi connectivity index (χ0n) is 11.6. The molecule has 0 aromatic heterocycles. The minimum atomic E-state index is -0.381. The van der Waals surface area contributed by atoms with E-state index in [0.717, 1.165) is 28.7 Å². The van der Waals surface area contributed by atoms with Gasteiger partial charge in [0.2, 0.25) is 0 Å². The van der Waals surface area contributed by atoms with E-state index in [9.17, 15) is 9.59 Å². The van der Waals surface area contributed by atoms with E-state index in [-0.39, 0.29) is 19.0 Å². The molecule has 0 radical (unpaired) electrons. The summed E-state index contributed by atoms with van der Waals surface area (Å²) in [5.41, 5.74) is 3.80. The molecular weight excluding hydrogens is 403 g/mol. The van der Waals surface area contributed by atoms with Gasteiger partial charge in [-0.3, -0.25) is 0 Å². The number of hydrogen-bond acceptors (Lipinski definition) is 5. The first-order valence-electron chi connectivity index (χ1n) is 6.43. The number of hydrogen-bond donors (Lipinski definition) is 0. The van der Waals surface area contributed by atoms with Crippen molar-refractivity contribution < 1.29 is 19.1 Å². The Morgan fingerprint density at radius 1 is 1.52 bits per heavy atom. The minimum Gasteiger partial charge on any atom is -0.491 e. The zero-order valence-corrected chi connectivity index (χ0v) is 14.6. The van der Waals surface area contributed by atoms with Gasteiger partial charge < -0.3 is 14.3 Å². The van der Waals surface area contributed by atoms with Gasteiger partial charge in [0, 0.05) is 23.3 Å². The molecule has 0 fully saturated rings. The molecule has 1 aliphatic rings. The van der Waals surface area contributed by atoms with E-state index in [4.69, 9.17) is 9.47 Å². The summed E-state index contributed by atoms with van der Waals surface area (Å²) >= 11 is 2.19. The van der Waals surface area contributed by atoms with Gasteiger partial charge in [-0.2, -0.15) is 0 Å². The summed E-state index contributed by atoms with van der Waals surface area (Å²) in [6, 6.07) is 0. The summed E-state index contributed by atoms with van der Waals surface area (Å²) < 4.78 is 10.9. The van der Waals surface area contributed by atoms with E-state index in [1.165, 1.54) is 0 Å². The number of cyclic esters (lactones) is 1. The van der Waals surface area contributed by atoms with Crippen molar-refractivity contribution in [2.75, 3.05) is 12.4 Å². The van der Waals surface area contributed by atoms with Crippen molar-refractivity contribution >= 4 is 48.5 Å². The highest BCUT2D eigenvalue weighted by atomic mass is 127. The molecule has 0 aliphatic carbocycles. The summed E-state index contributed by atoms with van der Waals surface area (Å²) in [7, 11) is 1.63. The van der Waals surface area contributed by atoms with Crippen LogP contribution in [0.1, 0.15) is 32.6 Å². The molecule has 0 saturated carbocycles. The lowest BCUT2D eigenvalue weighted by atomic mass is 9.91. The fourth-order valence-corrected chi connectivity index (χ4v) is 3.18. The number of aldehydes is 1. The van der Waals surface area contributed by atoms with Crippen LogP contribution in [0, 0.1) is 6.92 Å². The molecule has 112 valence electrons. The van der Waals surface area contributed by atoms with E-state index >= 15 is 0 Å². The molecule has 0 N–H and O–H groups in total. The maximum absolute atomic E-state index is 12.0. The second kappa shape index (κ2) is 7.31. The Labute approximate surface area is 139 Å². The lowest BCUT2D eigenvalue weighted by molar-refractivity contribution is -0.107. The van der Waals surface area contributed by atoms with Gasteiger partial charge in [-0.1, -0.05) is 21.6 Å². The van der Waals surface area contributed by atoms with Gasteiger partial charge in [0.1, 0.15) is 24.2 Å². The highest BCUT2D eigenvalue weighted by Crippen LogP contribution is 2.39. The summed E-state index contributed by atoms with van der Waals surface area (Å²) in [6.07, 6.45) is 2.71. The van der Waals surface area contributed by atoms with Gasteiger partial charge in [-0.15, -0.1) is 0 Å². The van der Waals surface area contributed by atoms with Crippen LogP contribution in [0.2, 0.25) is 0 Å². The van der Waals surface area contributed by atoms with Crippen LogP contribution in [0.15, 0.2) is 6.58 Å². The fourth-order valence-electron chi connectivity index (χ4n) is 2.49. The van der Waals surface area contributed by atoms with Crippen molar-refractivity contribution in [1.82, 2.24) is 0 Å². The van der Waals surface area contributed by atoms with Crippen LogP contribution >= 0.6 is 30.1 Å². The molecule has 0 atom stereocenters. The minimum absolute atomic E-state index is 0.190. The lowest BCUT2D eigenvalue weighted by Gasteiger charge is -2.18. The molecule has 0 spiro atoms. The van der Waals surface area contributed by atoms with Crippen molar-refractivity contribution in [2.24, 2.45) is 0 Å². The van der Waals surface area contributed by atoms with E-state index in [2.05, 4.69) is 27.8 Å². The largest absolute Gasteiger partial charge is 0.491 e. The molecule has 1 aromatic rings. The summed E-state index contributed by atoms with van der Waals surface area (Å²) in [6.45, 7) is 6.45. The summed E-state index contributed by atoms with van der Waals surface area (Å²) in [5, 5.41) is 0. The number of esters is 1. The Hall–Kier alpha value is -1.02. The Kier molecular flexibility index (Phi) is 5.69. The second-order valence-electron chi connectivity index (χ2n) is 4.51. The third-order valence-corrected chi connectivity index (χ3v) is 5.08. The first kappa shape index (κ1) is 16.4. The number of halogens is 1. The molecular formula is C15H15IO4S. The highest BCUT2D eigenvalue weighted by molar-refractivity contribution is 14.2. The normalized spacial score (nSPS) is 12.8. The molecule has 0 unspecified atom stereocenters. The Balaban J connectivity index is 2.62. The van der Waals surface area contributed by atoms with E-state index in [0.29, 0.717) is 23.5 Å². The average Bonchev–Trinajstić information content (AvgIpc) is 2.85. The summed E-state index contributed by atoms with van der Waals surface area (Å²) in [4.78, 5) is 23.0. The third kappa shape index (κ3) is 3.11. The van der Waals surface area contributed by atoms with Crippen molar-refractivity contribution in [1.29, 1.82) is 0 Å². The predicted octanol–water partition coefficient (Wildman–Crippen LogP) is 3.51. The SMILES string of the molecule is C=Cc1c(C)c2c(c(OCCSI)c1CC=O)C(=O)OC2. The van der Waals surface area contributed by atoms with Gasteiger partial charge in [0.05, 0.1) is 6.61 Å².